The van der Waals surface area contributed by atoms with Crippen molar-refractivity contribution in [2.45, 2.75) is 32.2 Å². The highest BCUT2D eigenvalue weighted by Crippen LogP contribution is 2.45. The molecule has 26 heavy (non-hydrogen) atoms. The van der Waals surface area contributed by atoms with E-state index in [0.29, 0.717) is 12.0 Å². The average Bonchev–Trinajstić information content (AvgIpc) is 3.46. The number of fused-ring (bicyclic) bond motifs is 1. The summed E-state index contributed by atoms with van der Waals surface area (Å²) in [7, 11) is 2.16. The second kappa shape index (κ2) is 7.24. The van der Waals surface area contributed by atoms with Gasteiger partial charge in [0.05, 0.1) is 0 Å². The monoisotopic (exact) mass is 350 g/mol. The summed E-state index contributed by atoms with van der Waals surface area (Å²) in [6.07, 6.45) is 3.57. The van der Waals surface area contributed by atoms with Crippen LogP contribution >= 0.6 is 0 Å². The maximum absolute atomic E-state index is 12.7. The topological polar surface area (TPSA) is 32.3 Å². The lowest BCUT2D eigenvalue weighted by Crippen LogP contribution is -2.43. The van der Waals surface area contributed by atoms with Crippen LogP contribution in [0.5, 0.6) is 0 Å². The van der Waals surface area contributed by atoms with E-state index in [9.17, 15) is 4.79 Å². The molecule has 1 N–H and O–H groups in total. The summed E-state index contributed by atoms with van der Waals surface area (Å²) >= 11 is 0. The number of likely N-dealkylation sites (N-methyl/N-ethyl adjacent to an activating group) is 1. The summed E-state index contributed by atoms with van der Waals surface area (Å²) in [5.41, 5.74) is 4.53. The van der Waals surface area contributed by atoms with Gasteiger partial charge in [-0.15, -0.1) is 0 Å². The molecule has 1 heterocycles. The number of amides is 1. The van der Waals surface area contributed by atoms with Crippen LogP contribution in [-0.4, -0.2) is 37.0 Å². The Morgan fingerprint density at radius 3 is 2.73 bits per heavy atom. The van der Waals surface area contributed by atoms with Gasteiger partial charge in [0.2, 0.25) is 0 Å². The second-order valence-electron chi connectivity index (χ2n) is 7.88. The molecule has 2 aromatic carbocycles. The SMILES string of the molecule is CCc1ccccc1-c1ccc(C(=O)N[C@@H]2CN(C)CCC3CC32)cc1.[HH]. The predicted octanol–water partition coefficient (Wildman–Crippen LogP) is 4.23. The van der Waals surface area contributed by atoms with Crippen molar-refractivity contribution in [3.05, 3.63) is 59.7 Å². The first-order chi connectivity index (χ1) is 12.7. The standard InChI is InChI=1S/C23H28N2O.H2/c1-3-16-6-4-5-7-20(16)17-8-10-18(11-9-17)23(26)24-22-15-25(2)13-12-19-14-21(19)22;/h4-11,19,21-22H,3,12-15H2,1-2H3,(H,24,26);1H/t19?,21?,22-;/m1./s1. The van der Waals surface area contributed by atoms with Crippen molar-refractivity contribution in [1.82, 2.24) is 10.2 Å². The van der Waals surface area contributed by atoms with Crippen LogP contribution in [0.1, 0.15) is 37.1 Å². The van der Waals surface area contributed by atoms with Gasteiger partial charge in [0.1, 0.15) is 0 Å². The van der Waals surface area contributed by atoms with Gasteiger partial charge in [-0.25, -0.2) is 0 Å². The van der Waals surface area contributed by atoms with Gasteiger partial charge >= 0.3 is 0 Å². The summed E-state index contributed by atoms with van der Waals surface area (Å²) < 4.78 is 0. The molecule has 2 aromatic rings. The van der Waals surface area contributed by atoms with Crippen LogP contribution in [0.4, 0.5) is 0 Å². The predicted molar refractivity (Wildman–Crippen MR) is 108 cm³/mol. The van der Waals surface area contributed by atoms with Gasteiger partial charge in [0.15, 0.2) is 0 Å². The number of nitrogens with one attached hydrogen (secondary N) is 1. The average molecular weight is 351 g/mol. The van der Waals surface area contributed by atoms with E-state index in [4.69, 9.17) is 0 Å². The molecule has 3 atom stereocenters. The summed E-state index contributed by atoms with van der Waals surface area (Å²) in [5.74, 6) is 1.56. The van der Waals surface area contributed by atoms with E-state index in [2.05, 4.69) is 60.6 Å². The number of carbonyl (C=O) groups excluding carboxylic acids is 1. The fourth-order valence-corrected chi connectivity index (χ4v) is 4.36. The number of likely N-dealkylation sites (tertiary alicyclic amines) is 1. The third-order valence-corrected chi connectivity index (χ3v) is 6.06. The van der Waals surface area contributed by atoms with E-state index in [0.717, 1.165) is 31.0 Å². The van der Waals surface area contributed by atoms with Crippen LogP contribution < -0.4 is 5.32 Å². The highest BCUT2D eigenvalue weighted by atomic mass is 16.1. The van der Waals surface area contributed by atoms with Gasteiger partial charge in [0, 0.05) is 19.6 Å². The maximum atomic E-state index is 12.7. The van der Waals surface area contributed by atoms with Gasteiger partial charge in [-0.1, -0.05) is 43.3 Å². The van der Waals surface area contributed by atoms with Crippen molar-refractivity contribution in [2.24, 2.45) is 11.8 Å². The molecule has 0 bridgehead atoms. The lowest BCUT2D eigenvalue weighted by atomic mass is 9.97. The molecule has 1 aliphatic carbocycles. The number of carbonyl (C=O) groups is 1. The fourth-order valence-electron chi connectivity index (χ4n) is 4.36. The molecule has 4 rings (SSSR count). The fraction of sp³-hybridized carbons (Fsp3) is 0.435. The van der Waals surface area contributed by atoms with Crippen LogP contribution in [0.15, 0.2) is 48.5 Å². The van der Waals surface area contributed by atoms with Crippen LogP contribution in [0, 0.1) is 11.8 Å². The zero-order valence-electron chi connectivity index (χ0n) is 15.7. The first-order valence-electron chi connectivity index (χ1n) is 9.83. The van der Waals surface area contributed by atoms with Gasteiger partial charge in [-0.2, -0.15) is 0 Å². The van der Waals surface area contributed by atoms with Crippen LogP contribution in [0.25, 0.3) is 11.1 Å². The van der Waals surface area contributed by atoms with Gasteiger partial charge in [-0.05, 0) is 73.5 Å². The summed E-state index contributed by atoms with van der Waals surface area (Å²) in [6.45, 7) is 4.30. The molecule has 3 heteroatoms. The number of nitrogens with zero attached hydrogens (tertiary/aromatic N) is 1. The Labute approximate surface area is 157 Å². The smallest absolute Gasteiger partial charge is 0.251 e. The van der Waals surface area contributed by atoms with Crippen molar-refractivity contribution in [3.63, 3.8) is 0 Å². The Morgan fingerprint density at radius 2 is 1.96 bits per heavy atom. The molecule has 1 saturated heterocycles. The molecule has 3 nitrogen and oxygen atoms in total. The minimum absolute atomic E-state index is 0. The zero-order chi connectivity index (χ0) is 18.1. The molecule has 2 unspecified atom stereocenters. The lowest BCUT2D eigenvalue weighted by molar-refractivity contribution is 0.0924. The summed E-state index contributed by atoms with van der Waals surface area (Å²) in [4.78, 5) is 15.1. The molecule has 0 spiro atoms. The van der Waals surface area contributed by atoms with E-state index in [1.165, 1.54) is 29.5 Å². The molecule has 0 radical (unpaired) electrons. The molecule has 138 valence electrons. The maximum Gasteiger partial charge on any atom is 0.251 e. The van der Waals surface area contributed by atoms with E-state index in [1.807, 2.05) is 12.1 Å². The molecule has 2 aliphatic rings. The third-order valence-electron chi connectivity index (χ3n) is 6.06. The Kier molecular flexibility index (Phi) is 4.82. The molecule has 2 fully saturated rings. The first kappa shape index (κ1) is 17.3. The normalized spacial score (nSPS) is 25.2. The minimum Gasteiger partial charge on any atom is -0.348 e. The van der Waals surface area contributed by atoms with Crippen LogP contribution in [-0.2, 0) is 6.42 Å². The Hall–Kier alpha value is -2.13. The van der Waals surface area contributed by atoms with Gasteiger partial charge in [-0.3, -0.25) is 4.79 Å². The quantitative estimate of drug-likeness (QED) is 0.895. The number of benzene rings is 2. The Morgan fingerprint density at radius 1 is 1.19 bits per heavy atom. The number of aryl methyl sites for hydroxylation is 1. The Balaban J connectivity index is 0.00000210. The zero-order valence-corrected chi connectivity index (χ0v) is 15.7. The number of hydrogen-bond donors (Lipinski definition) is 1. The van der Waals surface area contributed by atoms with Crippen molar-refractivity contribution in [1.29, 1.82) is 0 Å². The van der Waals surface area contributed by atoms with E-state index in [-0.39, 0.29) is 7.33 Å². The van der Waals surface area contributed by atoms with Crippen molar-refractivity contribution < 1.29 is 6.22 Å². The largest absolute Gasteiger partial charge is 0.348 e. The van der Waals surface area contributed by atoms with E-state index >= 15 is 0 Å². The molecule has 0 aromatic heterocycles. The van der Waals surface area contributed by atoms with E-state index < -0.39 is 0 Å². The minimum atomic E-state index is 0. The molecule has 1 saturated carbocycles. The summed E-state index contributed by atoms with van der Waals surface area (Å²) in [5, 5.41) is 3.30. The van der Waals surface area contributed by atoms with Crippen molar-refractivity contribution in [3.8, 4) is 11.1 Å². The highest BCUT2D eigenvalue weighted by molar-refractivity contribution is 5.95. The lowest BCUT2D eigenvalue weighted by Gasteiger charge is -2.22. The second-order valence-corrected chi connectivity index (χ2v) is 7.88. The number of hydrogen-bond acceptors (Lipinski definition) is 2. The van der Waals surface area contributed by atoms with Crippen molar-refractivity contribution in [2.75, 3.05) is 20.1 Å². The first-order valence-corrected chi connectivity index (χ1v) is 9.83. The molecule has 1 amide bonds. The molecular formula is C23H30N2O. The third kappa shape index (κ3) is 3.54. The van der Waals surface area contributed by atoms with Crippen LogP contribution in [0.3, 0.4) is 0 Å². The van der Waals surface area contributed by atoms with E-state index in [1.54, 1.807) is 0 Å². The number of rotatable bonds is 4. The molecular weight excluding hydrogens is 320 g/mol. The highest BCUT2D eigenvalue weighted by Gasteiger charge is 2.45. The van der Waals surface area contributed by atoms with Crippen LogP contribution in [0.2, 0.25) is 0 Å². The summed E-state index contributed by atoms with van der Waals surface area (Å²) in [6, 6.07) is 16.8. The Bertz CT molecular complexity index is 787. The van der Waals surface area contributed by atoms with Crippen molar-refractivity contribution >= 4 is 5.91 Å². The molecule has 1 aliphatic heterocycles. The van der Waals surface area contributed by atoms with Gasteiger partial charge in [0.25, 0.3) is 5.91 Å². The van der Waals surface area contributed by atoms with Gasteiger partial charge < -0.3 is 10.2 Å².